The monoisotopic (exact) mass is 417 g/mol. The third-order valence-corrected chi connectivity index (χ3v) is 3.94. The number of hydrogen-bond acceptors (Lipinski definition) is 3. The molecule has 1 heterocycles. The molecular weight excluding hydrogens is 405 g/mol. The molecule has 0 bridgehead atoms. The first-order valence-electron chi connectivity index (χ1n) is 6.03. The van der Waals surface area contributed by atoms with Crippen molar-refractivity contribution in [3.63, 3.8) is 0 Å². The minimum Gasteiger partial charge on any atom is -0.339 e. The van der Waals surface area contributed by atoms with E-state index in [1.54, 1.807) is 6.07 Å². The molecule has 0 saturated carbocycles. The van der Waals surface area contributed by atoms with E-state index in [2.05, 4.69) is 67.9 Å². The molecule has 0 saturated heterocycles. The van der Waals surface area contributed by atoms with Crippen LogP contribution in [0.25, 0.3) is 0 Å². The second-order valence-corrected chi connectivity index (χ2v) is 7.56. The van der Waals surface area contributed by atoms with Gasteiger partial charge in [0.25, 0.3) is 0 Å². The van der Waals surface area contributed by atoms with Crippen LogP contribution < -0.4 is 5.32 Å². The Labute approximate surface area is 140 Å². The molecule has 1 aromatic heterocycles. The molecule has 0 radical (unpaired) electrons. The smallest absolute Gasteiger partial charge is 0.137 e. The van der Waals surface area contributed by atoms with Gasteiger partial charge in [-0.15, -0.1) is 0 Å². The summed E-state index contributed by atoms with van der Waals surface area (Å²) in [5.41, 5.74) is 0.754. The van der Waals surface area contributed by atoms with Gasteiger partial charge in [-0.3, -0.25) is 0 Å². The van der Waals surface area contributed by atoms with Crippen molar-refractivity contribution in [3.05, 3.63) is 44.2 Å². The molecule has 6 heteroatoms. The Morgan fingerprint density at radius 3 is 2.45 bits per heavy atom. The maximum atomic E-state index is 6.08. The summed E-state index contributed by atoms with van der Waals surface area (Å²) in [4.78, 5) is 8.81. The number of halogens is 3. The lowest BCUT2D eigenvalue weighted by Gasteiger charge is -2.18. The van der Waals surface area contributed by atoms with E-state index in [-0.39, 0.29) is 5.41 Å². The van der Waals surface area contributed by atoms with E-state index in [1.165, 1.54) is 0 Å². The van der Waals surface area contributed by atoms with Crippen LogP contribution in [0.15, 0.2) is 33.2 Å². The van der Waals surface area contributed by atoms with Gasteiger partial charge in [0.2, 0.25) is 0 Å². The van der Waals surface area contributed by atoms with Crippen molar-refractivity contribution in [1.82, 2.24) is 9.97 Å². The van der Waals surface area contributed by atoms with Crippen LogP contribution in [0.4, 0.5) is 11.5 Å². The summed E-state index contributed by atoms with van der Waals surface area (Å²) < 4.78 is 1.94. The average molecular weight is 420 g/mol. The Balaban J connectivity index is 2.39. The molecule has 3 nitrogen and oxygen atoms in total. The molecule has 0 amide bonds. The zero-order chi connectivity index (χ0) is 14.9. The molecule has 106 valence electrons. The molecule has 1 N–H and O–H groups in total. The van der Waals surface area contributed by atoms with Crippen molar-refractivity contribution in [2.75, 3.05) is 5.32 Å². The summed E-state index contributed by atoms with van der Waals surface area (Å²) in [6, 6.07) is 7.60. The number of nitrogens with zero attached hydrogens (tertiary/aromatic N) is 2. The average Bonchev–Trinajstić information content (AvgIpc) is 2.32. The summed E-state index contributed by atoms with van der Waals surface area (Å²) in [6.07, 6.45) is 0. The van der Waals surface area contributed by atoms with E-state index < -0.39 is 0 Å². The third kappa shape index (κ3) is 3.93. The molecule has 2 rings (SSSR count). The fraction of sp³-hybridized carbons (Fsp3) is 0.286. The number of aromatic nitrogens is 2. The standard InChI is InChI=1S/C14H14Br2ClN3/c1-14(2,3)13-19-11(17)7-12(20-13)18-10-6-8(15)4-5-9(10)16/h4-7H,1-3H3,(H,18,19,20). The topological polar surface area (TPSA) is 37.8 Å². The Hall–Kier alpha value is -0.650. The van der Waals surface area contributed by atoms with E-state index in [0.717, 1.165) is 14.6 Å². The van der Waals surface area contributed by atoms with E-state index in [4.69, 9.17) is 11.6 Å². The minimum atomic E-state index is -0.157. The molecule has 0 unspecified atom stereocenters. The lowest BCUT2D eigenvalue weighted by atomic mass is 9.96. The highest BCUT2D eigenvalue weighted by Crippen LogP contribution is 2.30. The van der Waals surface area contributed by atoms with Crippen LogP contribution in [0.1, 0.15) is 26.6 Å². The number of hydrogen-bond donors (Lipinski definition) is 1. The molecule has 0 atom stereocenters. The van der Waals surface area contributed by atoms with Crippen molar-refractivity contribution >= 4 is 55.0 Å². The maximum Gasteiger partial charge on any atom is 0.137 e. The van der Waals surface area contributed by atoms with Crippen molar-refractivity contribution in [1.29, 1.82) is 0 Å². The van der Waals surface area contributed by atoms with Gasteiger partial charge in [-0.25, -0.2) is 9.97 Å². The molecule has 2 aromatic rings. The summed E-state index contributed by atoms with van der Waals surface area (Å²) in [7, 11) is 0. The van der Waals surface area contributed by atoms with Gasteiger partial charge in [-0.2, -0.15) is 0 Å². The van der Waals surface area contributed by atoms with Gasteiger partial charge in [0.15, 0.2) is 0 Å². The molecule has 0 aliphatic carbocycles. The molecule has 1 aromatic carbocycles. The van der Waals surface area contributed by atoms with E-state index >= 15 is 0 Å². The normalized spacial score (nSPS) is 11.5. The fourth-order valence-electron chi connectivity index (χ4n) is 1.55. The van der Waals surface area contributed by atoms with Crippen LogP contribution in [0.3, 0.4) is 0 Å². The Morgan fingerprint density at radius 2 is 1.80 bits per heavy atom. The summed E-state index contributed by atoms with van der Waals surface area (Å²) >= 11 is 13.0. The highest BCUT2D eigenvalue weighted by molar-refractivity contribution is 9.11. The highest BCUT2D eigenvalue weighted by Gasteiger charge is 2.19. The lowest BCUT2D eigenvalue weighted by molar-refractivity contribution is 0.546. The first kappa shape index (κ1) is 15.7. The van der Waals surface area contributed by atoms with Crippen LogP contribution in [-0.2, 0) is 5.41 Å². The molecule has 0 aliphatic rings. The number of benzene rings is 1. The maximum absolute atomic E-state index is 6.08. The predicted molar refractivity (Wildman–Crippen MR) is 90.9 cm³/mol. The van der Waals surface area contributed by atoms with Crippen molar-refractivity contribution < 1.29 is 0 Å². The van der Waals surface area contributed by atoms with Crippen molar-refractivity contribution in [3.8, 4) is 0 Å². The summed E-state index contributed by atoms with van der Waals surface area (Å²) in [5, 5.41) is 3.68. The van der Waals surface area contributed by atoms with Gasteiger partial charge >= 0.3 is 0 Å². The lowest BCUT2D eigenvalue weighted by Crippen LogP contribution is -2.16. The highest BCUT2D eigenvalue weighted by atomic mass is 79.9. The molecule has 20 heavy (non-hydrogen) atoms. The first-order valence-corrected chi connectivity index (χ1v) is 7.99. The fourth-order valence-corrected chi connectivity index (χ4v) is 2.44. The van der Waals surface area contributed by atoms with Gasteiger partial charge in [0.1, 0.15) is 16.8 Å². The third-order valence-electron chi connectivity index (χ3n) is 2.56. The van der Waals surface area contributed by atoms with Crippen LogP contribution >= 0.6 is 43.5 Å². The van der Waals surface area contributed by atoms with Gasteiger partial charge in [0, 0.05) is 20.4 Å². The van der Waals surface area contributed by atoms with E-state index in [9.17, 15) is 0 Å². The zero-order valence-electron chi connectivity index (χ0n) is 11.3. The number of anilines is 2. The molecular formula is C14H14Br2ClN3. The number of rotatable bonds is 2. The predicted octanol–water partition coefficient (Wildman–Crippen LogP) is 5.70. The molecule has 0 aliphatic heterocycles. The Kier molecular flexibility index (Phi) is 4.72. The summed E-state index contributed by atoms with van der Waals surface area (Å²) in [6.45, 7) is 6.16. The van der Waals surface area contributed by atoms with Gasteiger partial charge in [-0.1, -0.05) is 48.3 Å². The van der Waals surface area contributed by atoms with Crippen LogP contribution in [-0.4, -0.2) is 9.97 Å². The van der Waals surface area contributed by atoms with Crippen molar-refractivity contribution in [2.24, 2.45) is 0 Å². The largest absolute Gasteiger partial charge is 0.339 e. The van der Waals surface area contributed by atoms with Gasteiger partial charge in [-0.05, 0) is 34.1 Å². The van der Waals surface area contributed by atoms with Crippen LogP contribution in [0, 0.1) is 0 Å². The van der Waals surface area contributed by atoms with E-state index in [1.807, 2.05) is 18.2 Å². The Morgan fingerprint density at radius 1 is 1.10 bits per heavy atom. The first-order chi connectivity index (χ1) is 9.25. The van der Waals surface area contributed by atoms with Crippen LogP contribution in [0.5, 0.6) is 0 Å². The van der Waals surface area contributed by atoms with Gasteiger partial charge < -0.3 is 5.32 Å². The SMILES string of the molecule is CC(C)(C)c1nc(Cl)cc(Nc2cc(Br)ccc2Br)n1. The quantitative estimate of drug-likeness (QED) is 0.635. The zero-order valence-corrected chi connectivity index (χ0v) is 15.3. The molecule has 0 spiro atoms. The number of nitrogens with one attached hydrogen (secondary N) is 1. The van der Waals surface area contributed by atoms with Crippen LogP contribution in [0.2, 0.25) is 5.15 Å². The van der Waals surface area contributed by atoms with E-state index in [0.29, 0.717) is 16.8 Å². The molecule has 0 fully saturated rings. The minimum absolute atomic E-state index is 0.157. The summed E-state index contributed by atoms with van der Waals surface area (Å²) in [5.74, 6) is 1.38. The van der Waals surface area contributed by atoms with Crippen molar-refractivity contribution in [2.45, 2.75) is 26.2 Å². The second-order valence-electron chi connectivity index (χ2n) is 5.40. The second kappa shape index (κ2) is 6.00. The Bertz CT molecular complexity index is 639. The van der Waals surface area contributed by atoms with Gasteiger partial charge in [0.05, 0.1) is 5.69 Å².